The number of amides is 1. The van der Waals surface area contributed by atoms with Crippen LogP contribution in [-0.2, 0) is 0 Å². The molecule has 0 bridgehead atoms. The Morgan fingerprint density at radius 2 is 2.00 bits per heavy atom. The Bertz CT molecular complexity index is 887. The van der Waals surface area contributed by atoms with Crippen molar-refractivity contribution in [1.29, 1.82) is 0 Å². The molecule has 25 heavy (non-hydrogen) atoms. The summed E-state index contributed by atoms with van der Waals surface area (Å²) in [5, 5.41) is 17.7. The third-order valence-corrected chi connectivity index (χ3v) is 4.12. The van der Waals surface area contributed by atoms with Crippen molar-refractivity contribution in [2.75, 3.05) is 6.61 Å². The summed E-state index contributed by atoms with van der Waals surface area (Å²) in [7, 11) is 0. The Morgan fingerprint density at radius 1 is 1.28 bits per heavy atom. The summed E-state index contributed by atoms with van der Waals surface area (Å²) in [4.78, 5) is 17.4. The zero-order valence-corrected chi connectivity index (χ0v) is 14.6. The first-order valence-electron chi connectivity index (χ1n) is 8.32. The van der Waals surface area contributed by atoms with E-state index in [0.29, 0.717) is 16.6 Å². The molecule has 1 aromatic carbocycles. The molecule has 2 aromatic heterocycles. The lowest BCUT2D eigenvalue weighted by Crippen LogP contribution is -2.31. The predicted molar refractivity (Wildman–Crippen MR) is 96.4 cm³/mol. The lowest BCUT2D eigenvalue weighted by atomic mass is 10.1. The number of hydrogen-bond donors (Lipinski definition) is 2. The maximum absolute atomic E-state index is 12.8. The third kappa shape index (κ3) is 3.39. The Balaban J connectivity index is 1.97. The minimum atomic E-state index is -0.461. The second-order valence-corrected chi connectivity index (χ2v) is 6.35. The van der Waals surface area contributed by atoms with Crippen LogP contribution in [0.5, 0.6) is 0 Å². The quantitative estimate of drug-likeness (QED) is 0.750. The van der Waals surface area contributed by atoms with Crippen molar-refractivity contribution in [2.24, 2.45) is 0 Å². The third-order valence-electron chi connectivity index (χ3n) is 4.12. The fraction of sp³-hybridized carbons (Fsp3) is 0.316. The number of aromatic nitrogens is 3. The summed E-state index contributed by atoms with van der Waals surface area (Å²) < 4.78 is 1.81. The van der Waals surface area contributed by atoms with Gasteiger partial charge in [0.2, 0.25) is 0 Å². The lowest BCUT2D eigenvalue weighted by molar-refractivity contribution is 0.0917. The van der Waals surface area contributed by atoms with E-state index in [4.69, 9.17) is 0 Å². The van der Waals surface area contributed by atoms with E-state index in [9.17, 15) is 9.90 Å². The SMILES string of the molecule is Cc1cc(C(=O)NC(CO)c2ccccc2)c2cnn(C(C)C)c2n1. The molecule has 0 saturated heterocycles. The largest absolute Gasteiger partial charge is 0.394 e. The van der Waals surface area contributed by atoms with E-state index in [0.717, 1.165) is 11.3 Å². The highest BCUT2D eigenvalue weighted by molar-refractivity contribution is 6.05. The molecule has 3 rings (SSSR count). The maximum Gasteiger partial charge on any atom is 0.252 e. The smallest absolute Gasteiger partial charge is 0.252 e. The van der Waals surface area contributed by atoms with Gasteiger partial charge in [-0.3, -0.25) is 4.79 Å². The fourth-order valence-electron chi connectivity index (χ4n) is 2.86. The number of aliphatic hydroxyl groups excluding tert-OH is 1. The molecule has 0 radical (unpaired) electrons. The van der Waals surface area contributed by atoms with Crippen LogP contribution >= 0.6 is 0 Å². The molecule has 6 nitrogen and oxygen atoms in total. The van der Waals surface area contributed by atoms with Crippen molar-refractivity contribution in [3.8, 4) is 0 Å². The van der Waals surface area contributed by atoms with E-state index in [1.54, 1.807) is 16.9 Å². The maximum atomic E-state index is 12.8. The molecule has 0 aliphatic heterocycles. The molecule has 0 aliphatic carbocycles. The molecule has 2 heterocycles. The zero-order valence-electron chi connectivity index (χ0n) is 14.6. The summed E-state index contributed by atoms with van der Waals surface area (Å²) in [6.07, 6.45) is 1.67. The minimum absolute atomic E-state index is 0.150. The van der Waals surface area contributed by atoms with E-state index in [1.807, 2.05) is 51.1 Å². The summed E-state index contributed by atoms with van der Waals surface area (Å²) in [6.45, 7) is 5.73. The average Bonchev–Trinajstić information content (AvgIpc) is 3.03. The molecule has 3 aromatic rings. The molecule has 0 spiro atoms. The Kier molecular flexibility index (Phi) is 4.81. The second-order valence-electron chi connectivity index (χ2n) is 6.35. The van der Waals surface area contributed by atoms with E-state index in [1.165, 1.54) is 0 Å². The van der Waals surface area contributed by atoms with Crippen LogP contribution in [-0.4, -0.2) is 32.4 Å². The van der Waals surface area contributed by atoms with Crippen LogP contribution in [0.3, 0.4) is 0 Å². The molecule has 1 amide bonds. The molecule has 2 N–H and O–H groups in total. The number of rotatable bonds is 5. The highest BCUT2D eigenvalue weighted by Gasteiger charge is 2.20. The molecular formula is C19H22N4O2. The zero-order chi connectivity index (χ0) is 18.0. The van der Waals surface area contributed by atoms with Crippen molar-refractivity contribution in [2.45, 2.75) is 32.9 Å². The number of hydrogen-bond acceptors (Lipinski definition) is 4. The summed E-state index contributed by atoms with van der Waals surface area (Å²) in [6, 6.07) is 10.9. The molecule has 0 saturated carbocycles. The van der Waals surface area contributed by atoms with Crippen LogP contribution < -0.4 is 5.32 Å². The number of aliphatic hydroxyl groups is 1. The van der Waals surface area contributed by atoms with Crippen LogP contribution in [0, 0.1) is 6.92 Å². The van der Waals surface area contributed by atoms with Crippen LogP contribution in [0.1, 0.15) is 47.5 Å². The van der Waals surface area contributed by atoms with Crippen LogP contribution in [0.15, 0.2) is 42.6 Å². The number of pyridine rings is 1. The Labute approximate surface area is 146 Å². The van der Waals surface area contributed by atoms with Gasteiger partial charge in [-0.25, -0.2) is 9.67 Å². The van der Waals surface area contributed by atoms with Gasteiger partial charge in [0.05, 0.1) is 29.8 Å². The Morgan fingerprint density at radius 3 is 2.64 bits per heavy atom. The van der Waals surface area contributed by atoms with Crippen molar-refractivity contribution < 1.29 is 9.90 Å². The molecule has 1 unspecified atom stereocenters. The predicted octanol–water partition coefficient (Wildman–Crippen LogP) is 2.78. The first-order valence-corrected chi connectivity index (χ1v) is 8.32. The van der Waals surface area contributed by atoms with Gasteiger partial charge in [-0.2, -0.15) is 5.10 Å². The van der Waals surface area contributed by atoms with Crippen molar-refractivity contribution in [3.63, 3.8) is 0 Å². The normalized spacial score (nSPS) is 12.5. The van der Waals surface area contributed by atoms with E-state index in [2.05, 4.69) is 15.4 Å². The van der Waals surface area contributed by atoms with Gasteiger partial charge in [0.15, 0.2) is 5.65 Å². The first-order chi connectivity index (χ1) is 12.0. The molecule has 0 aliphatic rings. The number of benzene rings is 1. The highest BCUT2D eigenvalue weighted by atomic mass is 16.3. The molecule has 1 atom stereocenters. The van der Waals surface area contributed by atoms with Crippen LogP contribution in [0.4, 0.5) is 0 Å². The number of aryl methyl sites for hydroxylation is 1. The van der Waals surface area contributed by atoms with Crippen molar-refractivity contribution in [1.82, 2.24) is 20.1 Å². The molecule has 130 valence electrons. The van der Waals surface area contributed by atoms with Gasteiger partial charge in [-0.1, -0.05) is 30.3 Å². The number of carbonyl (C=O) groups excluding carboxylic acids is 1. The summed E-state index contributed by atoms with van der Waals surface area (Å²) >= 11 is 0. The van der Waals surface area contributed by atoms with E-state index in [-0.39, 0.29) is 18.6 Å². The second kappa shape index (κ2) is 7.03. The van der Waals surface area contributed by atoms with Crippen molar-refractivity contribution >= 4 is 16.9 Å². The summed E-state index contributed by atoms with van der Waals surface area (Å²) in [5.41, 5.74) is 2.82. The van der Waals surface area contributed by atoms with Gasteiger partial charge in [0.25, 0.3) is 5.91 Å². The highest BCUT2D eigenvalue weighted by Crippen LogP contribution is 2.22. The van der Waals surface area contributed by atoms with Crippen LogP contribution in [0.2, 0.25) is 0 Å². The van der Waals surface area contributed by atoms with E-state index >= 15 is 0 Å². The van der Waals surface area contributed by atoms with Gasteiger partial charge in [-0.15, -0.1) is 0 Å². The summed E-state index contributed by atoms with van der Waals surface area (Å²) in [5.74, 6) is -0.248. The van der Waals surface area contributed by atoms with Gasteiger partial charge >= 0.3 is 0 Å². The monoisotopic (exact) mass is 338 g/mol. The molecule has 0 fully saturated rings. The van der Waals surface area contributed by atoms with Gasteiger partial charge < -0.3 is 10.4 Å². The minimum Gasteiger partial charge on any atom is -0.394 e. The Hall–Kier alpha value is -2.73. The number of carbonyl (C=O) groups is 1. The van der Waals surface area contributed by atoms with Gasteiger partial charge in [-0.05, 0) is 32.4 Å². The van der Waals surface area contributed by atoms with Gasteiger partial charge in [0.1, 0.15) is 0 Å². The average molecular weight is 338 g/mol. The van der Waals surface area contributed by atoms with Crippen LogP contribution in [0.25, 0.3) is 11.0 Å². The number of nitrogens with zero attached hydrogens (tertiary/aromatic N) is 3. The standard InChI is InChI=1S/C19H22N4O2/c1-12(2)23-18-16(10-20-23)15(9-13(3)21-18)19(25)22-17(11-24)14-7-5-4-6-8-14/h4-10,12,17,24H,11H2,1-3H3,(H,22,25). The lowest BCUT2D eigenvalue weighted by Gasteiger charge is -2.17. The molecular weight excluding hydrogens is 316 g/mol. The number of fused-ring (bicyclic) bond motifs is 1. The number of nitrogens with one attached hydrogen (secondary N) is 1. The first kappa shape index (κ1) is 17.1. The molecule has 6 heteroatoms. The van der Waals surface area contributed by atoms with E-state index < -0.39 is 6.04 Å². The van der Waals surface area contributed by atoms with Gasteiger partial charge in [0, 0.05) is 11.7 Å². The van der Waals surface area contributed by atoms with Crippen molar-refractivity contribution in [3.05, 3.63) is 59.4 Å². The fourth-order valence-corrected chi connectivity index (χ4v) is 2.86. The topological polar surface area (TPSA) is 80.0 Å².